The van der Waals surface area contributed by atoms with Crippen LogP contribution in [0.4, 0.5) is 0 Å². The average molecular weight is 595 g/mol. The van der Waals surface area contributed by atoms with Crippen molar-refractivity contribution in [2.45, 2.75) is 154 Å². The van der Waals surface area contributed by atoms with Crippen molar-refractivity contribution in [3.8, 4) is 0 Å². The minimum absolute atomic E-state index is 0.904. The zero-order chi connectivity index (χ0) is 29.2. The van der Waals surface area contributed by atoms with Crippen LogP contribution in [0.15, 0.2) is 24.3 Å². The maximum atomic E-state index is 5.54. The summed E-state index contributed by atoms with van der Waals surface area (Å²) in [5, 5.41) is 3.32. The molecule has 3 nitrogen and oxygen atoms in total. The molecule has 39 heavy (non-hydrogen) atoms. The van der Waals surface area contributed by atoms with Gasteiger partial charge in [0.1, 0.15) is 0 Å². The second kappa shape index (κ2) is 19.8. The van der Waals surface area contributed by atoms with Crippen LogP contribution in [0.1, 0.15) is 110 Å². The molecule has 1 aromatic carbocycles. The maximum Gasteiger partial charge on any atom is 0.500 e. The molecule has 1 aromatic rings. The highest BCUT2D eigenvalue weighted by Crippen LogP contribution is 2.31. The molecule has 0 heterocycles. The number of hydrogen-bond acceptors (Lipinski definition) is 3. The van der Waals surface area contributed by atoms with E-state index in [0.29, 0.717) is 0 Å². The highest BCUT2D eigenvalue weighted by molar-refractivity contribution is 6.92. The van der Waals surface area contributed by atoms with Gasteiger partial charge in [-0.15, -0.1) is 0 Å². The van der Waals surface area contributed by atoms with Gasteiger partial charge in [-0.05, 0) is 12.0 Å². The standard InChI is InChI=1S/C33H66O3Si3/c1-10-12-13-14-15-18-21-24-31(11-2)38(8,9)33-27-25-32(26-28-33)37(6,7)29-22-19-16-17-20-23-30-39(34-3,35-4)36-5/h25-28,31H,10-24,29-30H2,1-9H3. The van der Waals surface area contributed by atoms with Gasteiger partial charge < -0.3 is 13.3 Å². The van der Waals surface area contributed by atoms with E-state index in [9.17, 15) is 0 Å². The summed E-state index contributed by atoms with van der Waals surface area (Å²) in [5.74, 6) is 0. The lowest BCUT2D eigenvalue weighted by Crippen LogP contribution is -2.48. The van der Waals surface area contributed by atoms with Crippen molar-refractivity contribution in [2.75, 3.05) is 21.3 Å². The second-order valence-corrected chi connectivity index (χ2v) is 25.9. The van der Waals surface area contributed by atoms with Gasteiger partial charge in [0.25, 0.3) is 0 Å². The summed E-state index contributed by atoms with van der Waals surface area (Å²) >= 11 is 0. The van der Waals surface area contributed by atoms with Crippen molar-refractivity contribution in [3.63, 3.8) is 0 Å². The van der Waals surface area contributed by atoms with Gasteiger partial charge in [-0.25, -0.2) is 0 Å². The van der Waals surface area contributed by atoms with Crippen molar-refractivity contribution in [2.24, 2.45) is 0 Å². The van der Waals surface area contributed by atoms with Crippen LogP contribution >= 0.6 is 0 Å². The summed E-state index contributed by atoms with van der Waals surface area (Å²) in [6.07, 6.45) is 20.4. The lowest BCUT2D eigenvalue weighted by atomic mass is 10.1. The first-order valence-electron chi connectivity index (χ1n) is 16.4. The lowest BCUT2D eigenvalue weighted by Gasteiger charge is -2.33. The molecular weight excluding hydrogens is 529 g/mol. The number of benzene rings is 1. The molecule has 0 bridgehead atoms. The van der Waals surface area contributed by atoms with E-state index in [-0.39, 0.29) is 0 Å². The van der Waals surface area contributed by atoms with Crippen molar-refractivity contribution in [1.29, 1.82) is 0 Å². The van der Waals surface area contributed by atoms with Crippen LogP contribution in [-0.4, -0.2) is 46.3 Å². The van der Waals surface area contributed by atoms with Crippen LogP contribution < -0.4 is 10.4 Å². The van der Waals surface area contributed by atoms with Crippen LogP contribution in [0.3, 0.4) is 0 Å². The molecule has 0 saturated carbocycles. The zero-order valence-corrected chi connectivity index (χ0v) is 30.6. The van der Waals surface area contributed by atoms with Crippen molar-refractivity contribution < 1.29 is 13.3 Å². The van der Waals surface area contributed by atoms with E-state index < -0.39 is 25.0 Å². The maximum absolute atomic E-state index is 5.54. The van der Waals surface area contributed by atoms with Crippen molar-refractivity contribution in [1.82, 2.24) is 0 Å². The Morgan fingerprint density at radius 1 is 0.564 bits per heavy atom. The van der Waals surface area contributed by atoms with E-state index in [2.05, 4.69) is 64.3 Å². The van der Waals surface area contributed by atoms with E-state index in [1.807, 2.05) is 0 Å². The highest BCUT2D eigenvalue weighted by atomic mass is 28.4. The molecule has 1 rings (SSSR count). The molecule has 0 amide bonds. The molecule has 0 aliphatic heterocycles. The first kappa shape index (κ1) is 36.8. The number of rotatable bonds is 24. The molecule has 228 valence electrons. The van der Waals surface area contributed by atoms with Gasteiger partial charge in [0.2, 0.25) is 0 Å². The normalized spacial score (nSPS) is 13.7. The van der Waals surface area contributed by atoms with Gasteiger partial charge >= 0.3 is 8.80 Å². The summed E-state index contributed by atoms with van der Waals surface area (Å²) < 4.78 is 16.6. The third-order valence-electron chi connectivity index (χ3n) is 9.55. The van der Waals surface area contributed by atoms with Crippen molar-refractivity contribution in [3.05, 3.63) is 24.3 Å². The predicted molar refractivity (Wildman–Crippen MR) is 181 cm³/mol. The fraction of sp³-hybridized carbons (Fsp3) is 0.818. The van der Waals surface area contributed by atoms with Gasteiger partial charge in [0.05, 0.1) is 16.1 Å². The summed E-state index contributed by atoms with van der Waals surface area (Å²) in [4.78, 5) is 0. The SMILES string of the molecule is CCCCCCCCCC(CC)[Si](C)(C)c1ccc([Si](C)(C)CCCCCCCC[Si](OC)(OC)OC)cc1. The van der Waals surface area contributed by atoms with Crippen LogP contribution in [0.5, 0.6) is 0 Å². The van der Waals surface area contributed by atoms with E-state index >= 15 is 0 Å². The summed E-state index contributed by atoms with van der Waals surface area (Å²) in [7, 11) is -0.0821. The Morgan fingerprint density at radius 2 is 1.00 bits per heavy atom. The van der Waals surface area contributed by atoms with E-state index in [0.717, 1.165) is 18.0 Å². The third kappa shape index (κ3) is 13.1. The largest absolute Gasteiger partial charge is 0.500 e. The number of hydrogen-bond donors (Lipinski definition) is 0. The fourth-order valence-electron chi connectivity index (χ4n) is 6.33. The molecule has 1 unspecified atom stereocenters. The Morgan fingerprint density at radius 3 is 1.49 bits per heavy atom. The molecule has 0 saturated heterocycles. The van der Waals surface area contributed by atoms with Gasteiger partial charge in [0.15, 0.2) is 0 Å². The zero-order valence-electron chi connectivity index (χ0n) is 27.6. The van der Waals surface area contributed by atoms with E-state index in [1.54, 1.807) is 31.7 Å². The van der Waals surface area contributed by atoms with Gasteiger partial charge in [0, 0.05) is 27.4 Å². The minimum Gasteiger partial charge on any atom is -0.377 e. The first-order chi connectivity index (χ1) is 18.6. The molecule has 0 radical (unpaired) electrons. The molecule has 0 aromatic heterocycles. The topological polar surface area (TPSA) is 27.7 Å². The van der Waals surface area contributed by atoms with E-state index in [4.69, 9.17) is 13.3 Å². The molecule has 0 N–H and O–H groups in total. The Bertz CT molecular complexity index is 724. The third-order valence-corrected chi connectivity index (χ3v) is 20.4. The lowest BCUT2D eigenvalue weighted by molar-refractivity contribution is 0.122. The quantitative estimate of drug-likeness (QED) is 0.0881. The van der Waals surface area contributed by atoms with Gasteiger partial charge in [-0.1, -0.05) is 171 Å². The Balaban J connectivity index is 2.46. The molecule has 0 spiro atoms. The van der Waals surface area contributed by atoms with Crippen LogP contribution in [0.2, 0.25) is 43.8 Å². The molecule has 0 aliphatic rings. The highest BCUT2D eigenvalue weighted by Gasteiger charge is 2.36. The predicted octanol–water partition coefficient (Wildman–Crippen LogP) is 9.66. The fourth-order valence-corrected chi connectivity index (χ4v) is 14.1. The summed E-state index contributed by atoms with van der Waals surface area (Å²) in [6.45, 7) is 15.1. The van der Waals surface area contributed by atoms with Crippen molar-refractivity contribution >= 4 is 35.3 Å². The average Bonchev–Trinajstić information content (AvgIpc) is 2.94. The van der Waals surface area contributed by atoms with Crippen LogP contribution in [0, 0.1) is 0 Å². The Kier molecular flexibility index (Phi) is 18.7. The first-order valence-corrected chi connectivity index (χ1v) is 24.6. The van der Waals surface area contributed by atoms with Gasteiger partial charge in [-0.2, -0.15) is 0 Å². The second-order valence-electron chi connectivity index (χ2n) is 13.1. The minimum atomic E-state index is -2.39. The molecule has 6 heteroatoms. The molecule has 1 atom stereocenters. The van der Waals surface area contributed by atoms with Gasteiger partial charge in [-0.3, -0.25) is 0 Å². The van der Waals surface area contributed by atoms with E-state index in [1.165, 1.54) is 95.9 Å². The monoisotopic (exact) mass is 594 g/mol. The molecule has 0 aliphatic carbocycles. The molecule has 0 fully saturated rings. The Hall–Kier alpha value is -0.249. The summed E-state index contributed by atoms with van der Waals surface area (Å²) in [5.41, 5.74) is 0.904. The Labute approximate surface area is 247 Å². The molecular formula is C33H66O3Si3. The van der Waals surface area contributed by atoms with Crippen LogP contribution in [0.25, 0.3) is 0 Å². The summed E-state index contributed by atoms with van der Waals surface area (Å²) in [6, 6.07) is 12.4. The number of unbranched alkanes of at least 4 members (excludes halogenated alkanes) is 11. The van der Waals surface area contributed by atoms with Crippen LogP contribution in [-0.2, 0) is 13.3 Å². The smallest absolute Gasteiger partial charge is 0.377 e.